The quantitative estimate of drug-likeness (QED) is 0.705. The van der Waals surface area contributed by atoms with Gasteiger partial charge in [-0.15, -0.1) is 0 Å². The Bertz CT molecular complexity index is 314. The maximum absolute atomic E-state index is 12.5. The number of hydrogen-bond acceptors (Lipinski definition) is 2. The fraction of sp³-hybridized carbons (Fsp3) is 0.875. The Balaban J connectivity index is 2.65. The number of carbonyl (C=O) groups is 2. The van der Waals surface area contributed by atoms with Crippen molar-refractivity contribution in [3.05, 3.63) is 0 Å². The minimum absolute atomic E-state index is 0.0381. The lowest BCUT2D eigenvalue weighted by Crippen LogP contribution is -2.39. The van der Waals surface area contributed by atoms with Crippen molar-refractivity contribution >= 4 is 11.9 Å². The second kappa shape index (κ2) is 8.28. The molecule has 4 heteroatoms. The van der Waals surface area contributed by atoms with E-state index in [1.165, 1.54) is 0 Å². The number of nitrogens with zero attached hydrogens (tertiary/aromatic N) is 1. The van der Waals surface area contributed by atoms with Gasteiger partial charge in [0.05, 0.1) is 5.41 Å². The van der Waals surface area contributed by atoms with Crippen LogP contribution in [0.15, 0.2) is 0 Å². The average molecular weight is 283 g/mol. The molecule has 1 fully saturated rings. The molecule has 0 heterocycles. The van der Waals surface area contributed by atoms with E-state index in [0.717, 1.165) is 51.6 Å². The molecule has 0 radical (unpaired) electrons. The zero-order valence-corrected chi connectivity index (χ0v) is 13.0. The molecule has 1 rings (SSSR count). The maximum Gasteiger partial charge on any atom is 0.310 e. The molecular weight excluding hydrogens is 254 g/mol. The van der Waals surface area contributed by atoms with Crippen LogP contribution in [0.1, 0.15) is 71.6 Å². The molecule has 1 amide bonds. The van der Waals surface area contributed by atoms with Gasteiger partial charge in [0.1, 0.15) is 0 Å². The van der Waals surface area contributed by atoms with Gasteiger partial charge in [-0.1, -0.05) is 39.5 Å². The highest BCUT2D eigenvalue weighted by Crippen LogP contribution is 2.41. The van der Waals surface area contributed by atoms with Gasteiger partial charge in [0.15, 0.2) is 0 Å². The van der Waals surface area contributed by atoms with Crippen molar-refractivity contribution in [3.8, 4) is 0 Å². The van der Waals surface area contributed by atoms with Crippen LogP contribution in [0.5, 0.6) is 0 Å². The fourth-order valence-corrected chi connectivity index (χ4v) is 2.98. The highest BCUT2D eigenvalue weighted by atomic mass is 16.4. The lowest BCUT2D eigenvalue weighted by atomic mass is 9.82. The summed E-state index contributed by atoms with van der Waals surface area (Å²) in [6.45, 7) is 5.76. The van der Waals surface area contributed by atoms with Gasteiger partial charge >= 0.3 is 5.97 Å². The first-order valence-electron chi connectivity index (χ1n) is 8.07. The highest BCUT2D eigenvalue weighted by molar-refractivity contribution is 5.85. The first-order valence-corrected chi connectivity index (χ1v) is 8.07. The van der Waals surface area contributed by atoms with Gasteiger partial charge in [-0.25, -0.2) is 0 Å². The van der Waals surface area contributed by atoms with E-state index in [4.69, 9.17) is 0 Å². The van der Waals surface area contributed by atoms with Crippen molar-refractivity contribution in [1.29, 1.82) is 0 Å². The first kappa shape index (κ1) is 17.0. The molecule has 0 atom stereocenters. The smallest absolute Gasteiger partial charge is 0.310 e. The van der Waals surface area contributed by atoms with Crippen molar-refractivity contribution in [2.45, 2.75) is 71.6 Å². The van der Waals surface area contributed by atoms with Gasteiger partial charge < -0.3 is 10.0 Å². The number of unbranched alkanes of at least 4 members (excludes halogenated alkanes) is 2. The van der Waals surface area contributed by atoms with Crippen LogP contribution >= 0.6 is 0 Å². The van der Waals surface area contributed by atoms with Gasteiger partial charge in [-0.2, -0.15) is 0 Å². The number of carboxylic acids is 1. The topological polar surface area (TPSA) is 57.6 Å². The summed E-state index contributed by atoms with van der Waals surface area (Å²) in [7, 11) is 0. The van der Waals surface area contributed by atoms with E-state index >= 15 is 0 Å². The summed E-state index contributed by atoms with van der Waals surface area (Å²) in [5, 5.41) is 9.48. The molecule has 0 aromatic rings. The van der Waals surface area contributed by atoms with Gasteiger partial charge in [0.2, 0.25) is 5.91 Å². The Morgan fingerprint density at radius 3 is 1.95 bits per heavy atom. The molecule has 0 spiro atoms. The molecule has 0 bridgehead atoms. The number of carbonyl (C=O) groups excluding carboxylic acids is 1. The van der Waals surface area contributed by atoms with Gasteiger partial charge in [-0.05, 0) is 25.7 Å². The van der Waals surface area contributed by atoms with Crippen LogP contribution in [0.3, 0.4) is 0 Å². The summed E-state index contributed by atoms with van der Waals surface area (Å²) in [5.74, 6) is -0.745. The lowest BCUT2D eigenvalue weighted by Gasteiger charge is -2.28. The maximum atomic E-state index is 12.5. The van der Waals surface area contributed by atoms with E-state index in [1.807, 2.05) is 4.90 Å². The summed E-state index contributed by atoms with van der Waals surface area (Å²) < 4.78 is 0. The summed E-state index contributed by atoms with van der Waals surface area (Å²) in [6, 6.07) is 0. The SMILES string of the molecule is CCCCN(CCCC)C(=O)CC1(C(=O)O)CCCC1. The third-order valence-corrected chi connectivity index (χ3v) is 4.42. The van der Waals surface area contributed by atoms with Crippen molar-refractivity contribution < 1.29 is 14.7 Å². The van der Waals surface area contributed by atoms with Crippen molar-refractivity contribution in [3.63, 3.8) is 0 Å². The lowest BCUT2D eigenvalue weighted by molar-refractivity contribution is -0.153. The predicted molar refractivity (Wildman–Crippen MR) is 79.5 cm³/mol. The second-order valence-corrected chi connectivity index (χ2v) is 6.06. The summed E-state index contributed by atoms with van der Waals surface area (Å²) in [4.78, 5) is 25.9. The molecule has 0 aromatic heterocycles. The Hall–Kier alpha value is -1.06. The first-order chi connectivity index (χ1) is 9.55. The number of amides is 1. The molecule has 0 aliphatic heterocycles. The summed E-state index contributed by atoms with van der Waals surface area (Å²) >= 11 is 0. The minimum atomic E-state index is -0.784. The van der Waals surface area contributed by atoms with E-state index in [-0.39, 0.29) is 12.3 Å². The molecule has 1 aliphatic carbocycles. The molecule has 4 nitrogen and oxygen atoms in total. The third-order valence-electron chi connectivity index (χ3n) is 4.42. The summed E-state index contributed by atoms with van der Waals surface area (Å²) in [6.07, 6.45) is 7.47. The van der Waals surface area contributed by atoms with Crippen LogP contribution in [0.4, 0.5) is 0 Å². The minimum Gasteiger partial charge on any atom is -0.481 e. The Labute approximate surface area is 122 Å². The standard InChI is InChI=1S/C16H29NO3/c1-3-5-11-17(12-6-4-2)14(18)13-16(15(19)20)9-7-8-10-16/h3-13H2,1-2H3,(H,19,20). The van der Waals surface area contributed by atoms with Gasteiger partial charge in [0, 0.05) is 19.5 Å². The molecule has 20 heavy (non-hydrogen) atoms. The van der Waals surface area contributed by atoms with Gasteiger partial charge in [0.25, 0.3) is 0 Å². The second-order valence-electron chi connectivity index (χ2n) is 6.06. The van der Waals surface area contributed by atoms with Crippen LogP contribution in [-0.2, 0) is 9.59 Å². The number of rotatable bonds is 9. The zero-order chi connectivity index (χ0) is 15.0. The highest BCUT2D eigenvalue weighted by Gasteiger charge is 2.43. The van der Waals surface area contributed by atoms with Crippen molar-refractivity contribution in [2.24, 2.45) is 5.41 Å². The van der Waals surface area contributed by atoms with E-state index < -0.39 is 11.4 Å². The zero-order valence-electron chi connectivity index (χ0n) is 13.0. The van der Waals surface area contributed by atoms with E-state index in [9.17, 15) is 14.7 Å². The Morgan fingerprint density at radius 2 is 1.55 bits per heavy atom. The van der Waals surface area contributed by atoms with Gasteiger partial charge in [-0.3, -0.25) is 9.59 Å². The van der Waals surface area contributed by atoms with Crippen LogP contribution in [0.2, 0.25) is 0 Å². The van der Waals surface area contributed by atoms with E-state index in [0.29, 0.717) is 12.8 Å². The molecule has 0 aromatic carbocycles. The Morgan fingerprint density at radius 1 is 1.05 bits per heavy atom. The van der Waals surface area contributed by atoms with Crippen molar-refractivity contribution in [2.75, 3.05) is 13.1 Å². The molecule has 0 unspecified atom stereocenters. The summed E-state index contributed by atoms with van der Waals surface area (Å²) in [5.41, 5.74) is -0.784. The molecule has 1 N–H and O–H groups in total. The average Bonchev–Trinajstić information content (AvgIpc) is 2.88. The molecule has 116 valence electrons. The molecular formula is C16H29NO3. The van der Waals surface area contributed by atoms with Crippen LogP contribution in [-0.4, -0.2) is 35.0 Å². The predicted octanol–water partition coefficient (Wildman–Crippen LogP) is 3.45. The monoisotopic (exact) mass is 283 g/mol. The molecule has 0 saturated heterocycles. The molecule has 1 saturated carbocycles. The van der Waals surface area contributed by atoms with E-state index in [2.05, 4.69) is 13.8 Å². The van der Waals surface area contributed by atoms with Crippen LogP contribution in [0, 0.1) is 5.41 Å². The fourth-order valence-electron chi connectivity index (χ4n) is 2.98. The van der Waals surface area contributed by atoms with Crippen LogP contribution < -0.4 is 0 Å². The largest absolute Gasteiger partial charge is 0.481 e. The van der Waals surface area contributed by atoms with Crippen molar-refractivity contribution in [1.82, 2.24) is 4.90 Å². The molecule has 1 aliphatic rings. The number of hydrogen-bond donors (Lipinski definition) is 1. The Kier molecular flexibility index (Phi) is 7.03. The number of aliphatic carboxylic acids is 1. The number of carboxylic acid groups (broad SMARTS) is 1. The van der Waals surface area contributed by atoms with Crippen LogP contribution in [0.25, 0.3) is 0 Å². The normalized spacial score (nSPS) is 17.1. The third kappa shape index (κ3) is 4.50. The van der Waals surface area contributed by atoms with E-state index in [1.54, 1.807) is 0 Å².